The zero-order valence-corrected chi connectivity index (χ0v) is 16.8. The van der Waals surface area contributed by atoms with E-state index in [1.165, 1.54) is 29.7 Å². The molecule has 0 aliphatic carbocycles. The fourth-order valence-corrected chi connectivity index (χ4v) is 2.83. The first-order chi connectivity index (χ1) is 13.1. The van der Waals surface area contributed by atoms with E-state index in [1.54, 1.807) is 20.3 Å². The highest BCUT2D eigenvalue weighted by molar-refractivity contribution is 6.30. The molecule has 6 nitrogen and oxygen atoms in total. The third-order valence-electron chi connectivity index (χ3n) is 4.25. The average Bonchev–Trinajstić information content (AvgIpc) is 2.71. The first kappa shape index (κ1) is 21.0. The number of halogens is 1. The van der Waals surface area contributed by atoms with Crippen LogP contribution in [0.4, 0.5) is 10.6 Å². The van der Waals surface area contributed by atoms with Crippen LogP contribution in [0.15, 0.2) is 42.6 Å². The van der Waals surface area contributed by atoms with Crippen LogP contribution >= 0.6 is 11.6 Å². The highest BCUT2D eigenvalue weighted by Crippen LogP contribution is 2.15. The van der Waals surface area contributed by atoms with Gasteiger partial charge in [-0.15, -0.1) is 5.10 Å². The molecule has 0 spiro atoms. The summed E-state index contributed by atoms with van der Waals surface area (Å²) >= 11 is 5.76. The minimum absolute atomic E-state index is 0.0658. The van der Waals surface area contributed by atoms with Gasteiger partial charge in [0, 0.05) is 44.9 Å². The summed E-state index contributed by atoms with van der Waals surface area (Å²) in [5.74, 6) is 1.03. The molecule has 1 N–H and O–H groups in total. The zero-order chi connectivity index (χ0) is 19.5. The van der Waals surface area contributed by atoms with E-state index in [2.05, 4.69) is 20.4 Å². The van der Waals surface area contributed by atoms with Gasteiger partial charge >= 0.3 is 6.03 Å². The van der Waals surface area contributed by atoms with E-state index in [-0.39, 0.29) is 6.03 Å². The van der Waals surface area contributed by atoms with E-state index in [0.717, 1.165) is 30.4 Å². The van der Waals surface area contributed by atoms with Crippen molar-refractivity contribution >= 4 is 23.4 Å². The fraction of sp³-hybridized carbons (Fsp3) is 0.450. The van der Waals surface area contributed by atoms with Crippen LogP contribution in [-0.4, -0.2) is 54.9 Å². The predicted molar refractivity (Wildman–Crippen MR) is 110 cm³/mol. The monoisotopic (exact) mass is 389 g/mol. The molecule has 2 amide bonds. The van der Waals surface area contributed by atoms with Gasteiger partial charge in [0.1, 0.15) is 0 Å². The molecule has 0 unspecified atom stereocenters. The number of carbonyl (C=O) groups excluding carboxylic acids is 1. The standard InChI is InChI=1S/C11H15ClN2O.C9H13N3/c1-14(2)11(15)13-8-7-9-3-5-10(12)6-4-9;1-2-7-12(8-3-1)9-5-4-6-10-11-9/h3-6H,7-8H2,1-2H3,(H,13,15);4-6H,1-3,7-8H2. The van der Waals surface area contributed by atoms with Crippen LogP contribution in [0.2, 0.25) is 5.02 Å². The summed E-state index contributed by atoms with van der Waals surface area (Å²) in [6, 6.07) is 11.5. The van der Waals surface area contributed by atoms with Crippen LogP contribution in [0, 0.1) is 0 Å². The van der Waals surface area contributed by atoms with Crippen molar-refractivity contribution in [2.24, 2.45) is 0 Å². The van der Waals surface area contributed by atoms with Gasteiger partial charge in [0.05, 0.1) is 0 Å². The molecule has 7 heteroatoms. The molecule has 0 saturated carbocycles. The van der Waals surface area contributed by atoms with Crippen LogP contribution < -0.4 is 10.2 Å². The number of nitrogens with one attached hydrogen (secondary N) is 1. The molecule has 3 rings (SSSR count). The van der Waals surface area contributed by atoms with E-state index in [4.69, 9.17) is 11.6 Å². The number of anilines is 1. The minimum Gasteiger partial charge on any atom is -0.355 e. The topological polar surface area (TPSA) is 61.4 Å². The molecule has 1 saturated heterocycles. The van der Waals surface area contributed by atoms with Crippen molar-refractivity contribution in [3.05, 3.63) is 53.2 Å². The summed E-state index contributed by atoms with van der Waals surface area (Å²) in [5, 5.41) is 11.5. The molecule has 0 bridgehead atoms. The Kier molecular flexibility index (Phi) is 8.84. The quantitative estimate of drug-likeness (QED) is 0.867. The van der Waals surface area contributed by atoms with Crippen molar-refractivity contribution in [3.63, 3.8) is 0 Å². The maximum absolute atomic E-state index is 11.2. The molecule has 2 heterocycles. The lowest BCUT2D eigenvalue weighted by Gasteiger charge is -2.26. The first-order valence-corrected chi connectivity index (χ1v) is 9.66. The predicted octanol–water partition coefficient (Wildman–Crippen LogP) is 3.62. The summed E-state index contributed by atoms with van der Waals surface area (Å²) in [4.78, 5) is 15.0. The molecule has 1 aromatic carbocycles. The Bertz CT molecular complexity index is 673. The number of aromatic nitrogens is 2. The summed E-state index contributed by atoms with van der Waals surface area (Å²) in [6.07, 6.45) is 6.47. The number of amides is 2. The van der Waals surface area contributed by atoms with E-state index in [9.17, 15) is 4.79 Å². The van der Waals surface area contributed by atoms with Gasteiger partial charge in [0.15, 0.2) is 5.82 Å². The smallest absolute Gasteiger partial charge is 0.316 e. The molecule has 1 aliphatic heterocycles. The summed E-state index contributed by atoms with van der Waals surface area (Å²) < 4.78 is 0. The zero-order valence-electron chi connectivity index (χ0n) is 16.1. The maximum atomic E-state index is 11.2. The maximum Gasteiger partial charge on any atom is 0.316 e. The van der Waals surface area contributed by atoms with E-state index in [1.807, 2.05) is 36.4 Å². The molecular weight excluding hydrogens is 362 g/mol. The Hall–Kier alpha value is -2.34. The number of hydrogen-bond acceptors (Lipinski definition) is 4. The third kappa shape index (κ3) is 7.83. The average molecular weight is 390 g/mol. The van der Waals surface area contributed by atoms with Crippen LogP contribution in [0.1, 0.15) is 24.8 Å². The van der Waals surface area contributed by atoms with E-state index >= 15 is 0 Å². The van der Waals surface area contributed by atoms with Crippen molar-refractivity contribution in [2.45, 2.75) is 25.7 Å². The largest absolute Gasteiger partial charge is 0.355 e. The number of piperidine rings is 1. The molecule has 1 aromatic heterocycles. The van der Waals surface area contributed by atoms with Gasteiger partial charge in [-0.05, 0) is 55.5 Å². The minimum atomic E-state index is -0.0658. The first-order valence-electron chi connectivity index (χ1n) is 9.28. The second-order valence-corrected chi connectivity index (χ2v) is 7.07. The SMILES string of the molecule is CN(C)C(=O)NCCc1ccc(Cl)cc1.c1cnnc(N2CCCCC2)c1. The van der Waals surface area contributed by atoms with Crippen molar-refractivity contribution in [2.75, 3.05) is 38.6 Å². The second-order valence-electron chi connectivity index (χ2n) is 6.63. The molecule has 27 heavy (non-hydrogen) atoms. The van der Waals surface area contributed by atoms with Crippen molar-refractivity contribution < 1.29 is 4.79 Å². The van der Waals surface area contributed by atoms with Crippen LogP contribution in [0.25, 0.3) is 0 Å². The molecule has 146 valence electrons. The van der Waals surface area contributed by atoms with Crippen LogP contribution in [0.5, 0.6) is 0 Å². The van der Waals surface area contributed by atoms with Gasteiger partial charge in [-0.1, -0.05) is 23.7 Å². The Morgan fingerprint density at radius 3 is 2.44 bits per heavy atom. The third-order valence-corrected chi connectivity index (χ3v) is 4.50. The lowest BCUT2D eigenvalue weighted by molar-refractivity contribution is 0.217. The molecule has 1 aliphatic rings. The lowest BCUT2D eigenvalue weighted by Crippen LogP contribution is -2.35. The Morgan fingerprint density at radius 2 is 1.85 bits per heavy atom. The molecular formula is C20H28ClN5O. The molecule has 2 aromatic rings. The highest BCUT2D eigenvalue weighted by atomic mass is 35.5. The number of carbonyl (C=O) groups is 1. The van der Waals surface area contributed by atoms with Crippen LogP contribution in [-0.2, 0) is 6.42 Å². The van der Waals surface area contributed by atoms with Crippen molar-refractivity contribution in [1.82, 2.24) is 20.4 Å². The van der Waals surface area contributed by atoms with E-state index in [0.29, 0.717) is 6.54 Å². The van der Waals surface area contributed by atoms with Gasteiger partial charge < -0.3 is 15.1 Å². The number of nitrogens with zero attached hydrogens (tertiary/aromatic N) is 4. The van der Waals surface area contributed by atoms with Gasteiger partial charge in [-0.2, -0.15) is 5.10 Å². The van der Waals surface area contributed by atoms with E-state index < -0.39 is 0 Å². The summed E-state index contributed by atoms with van der Waals surface area (Å²) in [5.41, 5.74) is 1.17. The summed E-state index contributed by atoms with van der Waals surface area (Å²) in [6.45, 7) is 2.91. The number of rotatable bonds is 4. The molecule has 0 radical (unpaired) electrons. The number of hydrogen-bond donors (Lipinski definition) is 1. The molecule has 0 atom stereocenters. The van der Waals surface area contributed by atoms with Gasteiger partial charge in [-0.25, -0.2) is 4.79 Å². The Morgan fingerprint density at radius 1 is 1.15 bits per heavy atom. The Balaban J connectivity index is 0.000000198. The number of urea groups is 1. The molecule has 1 fully saturated rings. The normalized spacial score (nSPS) is 13.4. The van der Waals surface area contributed by atoms with Gasteiger partial charge in [0.25, 0.3) is 0 Å². The van der Waals surface area contributed by atoms with Crippen molar-refractivity contribution in [1.29, 1.82) is 0 Å². The van der Waals surface area contributed by atoms with Crippen molar-refractivity contribution in [3.8, 4) is 0 Å². The lowest BCUT2D eigenvalue weighted by atomic mass is 10.1. The fourth-order valence-electron chi connectivity index (χ4n) is 2.71. The highest BCUT2D eigenvalue weighted by Gasteiger charge is 2.11. The van der Waals surface area contributed by atoms with Crippen LogP contribution in [0.3, 0.4) is 0 Å². The number of benzene rings is 1. The van der Waals surface area contributed by atoms with Gasteiger partial charge in [-0.3, -0.25) is 0 Å². The summed E-state index contributed by atoms with van der Waals surface area (Å²) in [7, 11) is 3.44. The second kappa shape index (κ2) is 11.4. The Labute approximate surface area is 166 Å². The van der Waals surface area contributed by atoms with Gasteiger partial charge in [0.2, 0.25) is 0 Å².